The van der Waals surface area contributed by atoms with Crippen LogP contribution in [0.15, 0.2) is 48.5 Å². The lowest BCUT2D eigenvalue weighted by Crippen LogP contribution is -2.27. The first-order valence-corrected chi connectivity index (χ1v) is 26.3. The molecule has 10 nitrogen and oxygen atoms in total. The van der Waals surface area contributed by atoms with Gasteiger partial charge in [-0.25, -0.2) is 0 Å². The molecular weight excluding hydrogens is 901 g/mol. The standard InChI is InChI=1S/C62H90N2O8/c1-19-21-69-55-41-27-45-35-51(61(9,10)11)37-47(57(45)71-25-23-67-39-53(65)63(15)16)29-43-33-50(60(6,7)8)34-44(56(43)70-22-20-2)30-48-38-52(62(12,13)14)36-46(28-42(55)32-49(31-41)59(3,4)5)58(48)72-26-24-68-40-54(66)64(17)18/h31-38H,19-30,39-40H2,1-18H3. The predicted octanol–water partition coefficient (Wildman–Crippen LogP) is 12.1. The first-order chi connectivity index (χ1) is 33.6. The minimum Gasteiger partial charge on any atom is -0.493 e. The van der Waals surface area contributed by atoms with Gasteiger partial charge in [0.2, 0.25) is 11.8 Å². The van der Waals surface area contributed by atoms with Gasteiger partial charge < -0.3 is 38.2 Å². The Bertz CT molecular complexity index is 2220. The largest absolute Gasteiger partial charge is 0.493 e. The van der Waals surface area contributed by atoms with E-state index in [-0.39, 0.29) is 73.1 Å². The van der Waals surface area contributed by atoms with E-state index in [9.17, 15) is 9.59 Å². The molecule has 0 atom stereocenters. The highest BCUT2D eigenvalue weighted by atomic mass is 16.5. The third kappa shape index (κ3) is 15.5. The van der Waals surface area contributed by atoms with Gasteiger partial charge in [-0.3, -0.25) is 9.59 Å². The maximum Gasteiger partial charge on any atom is 0.248 e. The molecule has 0 saturated carbocycles. The molecule has 0 saturated heterocycles. The van der Waals surface area contributed by atoms with Gasteiger partial charge in [-0.2, -0.15) is 0 Å². The molecule has 0 unspecified atom stereocenters. The number of benzene rings is 4. The van der Waals surface area contributed by atoms with Crippen LogP contribution in [-0.4, -0.2) is 103 Å². The Morgan fingerprint density at radius 3 is 0.764 bits per heavy atom. The highest BCUT2D eigenvalue weighted by Crippen LogP contribution is 2.44. The van der Waals surface area contributed by atoms with Crippen LogP contribution < -0.4 is 18.9 Å². The molecule has 0 spiro atoms. The van der Waals surface area contributed by atoms with E-state index >= 15 is 0 Å². The Morgan fingerprint density at radius 1 is 0.375 bits per heavy atom. The number of nitrogens with zero attached hydrogens (tertiary/aromatic N) is 2. The van der Waals surface area contributed by atoms with Gasteiger partial charge in [0.25, 0.3) is 0 Å². The molecule has 4 aromatic rings. The lowest BCUT2D eigenvalue weighted by atomic mass is 9.79. The monoisotopic (exact) mass is 991 g/mol. The Morgan fingerprint density at radius 2 is 0.583 bits per heavy atom. The fourth-order valence-corrected chi connectivity index (χ4v) is 8.75. The number of amides is 2. The number of hydrogen-bond donors (Lipinski definition) is 0. The Kier molecular flexibility index (Phi) is 19.5. The van der Waals surface area contributed by atoms with Gasteiger partial charge in [-0.05, 0) is 101 Å². The van der Waals surface area contributed by atoms with E-state index < -0.39 is 0 Å². The highest BCUT2D eigenvalue weighted by molar-refractivity contribution is 5.77. The van der Waals surface area contributed by atoms with Crippen LogP contribution in [0.25, 0.3) is 0 Å². The maximum atomic E-state index is 12.5. The summed E-state index contributed by atoms with van der Waals surface area (Å²) < 4.78 is 39.8. The third-order valence-electron chi connectivity index (χ3n) is 13.3. The zero-order chi connectivity index (χ0) is 53.3. The summed E-state index contributed by atoms with van der Waals surface area (Å²) in [6.07, 6.45) is 3.89. The average Bonchev–Trinajstić information content (AvgIpc) is 3.27. The third-order valence-corrected chi connectivity index (χ3v) is 13.3. The van der Waals surface area contributed by atoms with Crippen LogP contribution in [0.4, 0.5) is 0 Å². The van der Waals surface area contributed by atoms with Crippen LogP contribution >= 0.6 is 0 Å². The van der Waals surface area contributed by atoms with Crippen LogP contribution in [-0.2, 0) is 66.4 Å². The first-order valence-electron chi connectivity index (χ1n) is 26.3. The number of rotatable bonds is 18. The molecule has 4 aromatic carbocycles. The summed E-state index contributed by atoms with van der Waals surface area (Å²) in [7, 11) is 6.94. The second-order valence-corrected chi connectivity index (χ2v) is 24.3. The summed E-state index contributed by atoms with van der Waals surface area (Å²) in [4.78, 5) is 28.1. The van der Waals surface area contributed by atoms with Crippen LogP contribution in [0, 0.1) is 0 Å². The second-order valence-electron chi connectivity index (χ2n) is 24.3. The lowest BCUT2D eigenvalue weighted by molar-refractivity contribution is -0.134. The van der Waals surface area contributed by atoms with Crippen molar-refractivity contribution in [2.24, 2.45) is 0 Å². The number of ether oxygens (including phenoxy) is 6. The van der Waals surface area contributed by atoms with E-state index in [4.69, 9.17) is 28.4 Å². The SMILES string of the molecule is CCCOc1c2cc(C(C)(C)C)cc1Cc1cc(C(C)(C)C)cc(c1OCCOCC(=O)N(C)C)Cc1cc(C(C)(C)C)cc(c1OCCC)Cc1cc(C(C)(C)C)cc(c1OCCOCC(=O)N(C)C)C2. The van der Waals surface area contributed by atoms with Crippen LogP contribution in [0.1, 0.15) is 177 Å². The normalized spacial score (nSPS) is 13.1. The molecule has 5 rings (SSSR count). The van der Waals surface area contributed by atoms with Gasteiger partial charge in [0.1, 0.15) is 49.4 Å². The van der Waals surface area contributed by atoms with Crippen LogP contribution in [0.2, 0.25) is 0 Å². The zero-order valence-corrected chi connectivity index (χ0v) is 47.7. The summed E-state index contributed by atoms with van der Waals surface area (Å²) in [6, 6.07) is 18.7. The number of fused-ring (bicyclic) bond motifs is 8. The van der Waals surface area contributed by atoms with Crippen molar-refractivity contribution in [3.05, 3.63) is 115 Å². The summed E-state index contributed by atoms with van der Waals surface area (Å²) >= 11 is 0. The van der Waals surface area contributed by atoms with E-state index in [1.54, 1.807) is 38.0 Å². The molecule has 1 aliphatic carbocycles. The number of hydrogen-bond acceptors (Lipinski definition) is 8. The second kappa shape index (κ2) is 24.3. The maximum absolute atomic E-state index is 12.5. The van der Waals surface area contributed by atoms with E-state index in [2.05, 4.69) is 145 Å². The summed E-state index contributed by atoms with van der Waals surface area (Å²) in [5.74, 6) is 3.21. The number of likely N-dealkylation sites (N-methyl/N-ethyl adjacent to an activating group) is 2. The minimum atomic E-state index is -0.186. The smallest absolute Gasteiger partial charge is 0.248 e. The molecule has 0 aromatic heterocycles. The molecule has 0 fully saturated rings. The number of carbonyl (C=O) groups is 2. The van der Waals surface area contributed by atoms with Crippen molar-refractivity contribution >= 4 is 11.8 Å². The molecule has 10 heteroatoms. The van der Waals surface area contributed by atoms with Crippen molar-refractivity contribution < 1.29 is 38.0 Å². The van der Waals surface area contributed by atoms with E-state index in [1.165, 1.54) is 22.3 Å². The van der Waals surface area contributed by atoms with E-state index in [0.29, 0.717) is 38.9 Å². The van der Waals surface area contributed by atoms with Crippen molar-refractivity contribution in [1.29, 1.82) is 0 Å². The van der Waals surface area contributed by atoms with E-state index in [0.717, 1.165) is 80.3 Å². The fourth-order valence-electron chi connectivity index (χ4n) is 8.75. The van der Waals surface area contributed by atoms with Gasteiger partial charge in [0, 0.05) is 53.9 Å². The van der Waals surface area contributed by atoms with Crippen molar-refractivity contribution in [1.82, 2.24) is 9.80 Å². The molecule has 0 N–H and O–H groups in total. The van der Waals surface area contributed by atoms with Gasteiger partial charge >= 0.3 is 0 Å². The number of carbonyl (C=O) groups excluding carboxylic acids is 2. The van der Waals surface area contributed by atoms with Crippen molar-refractivity contribution in [2.75, 3.05) is 81.0 Å². The summed E-state index contributed by atoms with van der Waals surface area (Å²) in [6.45, 7) is 33.7. The quantitative estimate of drug-likeness (QED) is 0.0801. The van der Waals surface area contributed by atoms with Crippen LogP contribution in [0.3, 0.4) is 0 Å². The summed E-state index contributed by atoms with van der Waals surface area (Å²) in [5, 5.41) is 0. The average molecular weight is 991 g/mol. The van der Waals surface area contributed by atoms with Gasteiger partial charge in [-0.1, -0.05) is 145 Å². The zero-order valence-electron chi connectivity index (χ0n) is 47.7. The molecule has 8 bridgehead atoms. The molecule has 0 aliphatic heterocycles. The van der Waals surface area contributed by atoms with Crippen molar-refractivity contribution in [2.45, 2.75) is 157 Å². The molecule has 1 aliphatic rings. The Balaban J connectivity index is 1.92. The molecule has 2 amide bonds. The van der Waals surface area contributed by atoms with Crippen molar-refractivity contribution in [3.8, 4) is 23.0 Å². The predicted molar refractivity (Wildman–Crippen MR) is 293 cm³/mol. The fraction of sp³-hybridized carbons (Fsp3) is 0.581. The molecular formula is C62H90N2O8. The highest BCUT2D eigenvalue weighted by Gasteiger charge is 2.29. The van der Waals surface area contributed by atoms with E-state index in [1.807, 2.05) is 0 Å². The molecule has 0 heterocycles. The first kappa shape index (κ1) is 57.8. The molecule has 72 heavy (non-hydrogen) atoms. The van der Waals surface area contributed by atoms with Gasteiger partial charge in [0.05, 0.1) is 26.4 Å². The Labute approximate surface area is 434 Å². The molecule has 396 valence electrons. The molecule has 0 radical (unpaired) electrons. The Hall–Kier alpha value is -5.06. The summed E-state index contributed by atoms with van der Waals surface area (Å²) in [5.41, 5.74) is 12.7. The van der Waals surface area contributed by atoms with Gasteiger partial charge in [0.15, 0.2) is 0 Å². The van der Waals surface area contributed by atoms with Crippen molar-refractivity contribution in [3.63, 3.8) is 0 Å². The topological polar surface area (TPSA) is 96.0 Å². The lowest BCUT2D eigenvalue weighted by Gasteiger charge is -2.29. The minimum absolute atomic E-state index is 0.0162. The van der Waals surface area contributed by atoms with Gasteiger partial charge in [-0.15, -0.1) is 0 Å². The van der Waals surface area contributed by atoms with Crippen LogP contribution in [0.5, 0.6) is 23.0 Å².